The number of halogens is 3. The maximum absolute atomic E-state index is 5.86. The van der Waals surface area contributed by atoms with Crippen molar-refractivity contribution >= 4 is 53.5 Å². The highest BCUT2D eigenvalue weighted by Gasteiger charge is 2.07. The molecule has 0 saturated carbocycles. The number of alkyl halides is 2. The standard InChI is InChI=1S/C15H21Cl2N7.ClH/c1-11-9-14(23(7-5-16)8-6-17)4-3-13(11)10-19-21-15-22-20-12(2)24(15)18;/h3-4,9-10H,5-8,18H2,1-2H3,(H,21,22);1H/b19-10+;. The van der Waals surface area contributed by atoms with Gasteiger partial charge in [-0.15, -0.1) is 45.8 Å². The van der Waals surface area contributed by atoms with Crippen LogP contribution < -0.4 is 16.2 Å². The summed E-state index contributed by atoms with van der Waals surface area (Å²) in [6.45, 7) is 5.31. The van der Waals surface area contributed by atoms with Crippen LogP contribution in [-0.2, 0) is 0 Å². The number of aryl methyl sites for hydroxylation is 2. The molecule has 0 aliphatic rings. The van der Waals surface area contributed by atoms with Gasteiger partial charge in [0.1, 0.15) is 0 Å². The Morgan fingerprint density at radius 3 is 2.44 bits per heavy atom. The quantitative estimate of drug-likeness (QED) is 0.305. The van der Waals surface area contributed by atoms with Gasteiger partial charge >= 0.3 is 0 Å². The fourth-order valence-electron chi connectivity index (χ4n) is 2.18. The molecule has 2 rings (SSSR count). The van der Waals surface area contributed by atoms with Crippen molar-refractivity contribution in [3.8, 4) is 0 Å². The molecule has 0 aliphatic heterocycles. The van der Waals surface area contributed by atoms with E-state index in [4.69, 9.17) is 29.0 Å². The third-order valence-electron chi connectivity index (χ3n) is 3.56. The van der Waals surface area contributed by atoms with Crippen molar-refractivity contribution < 1.29 is 0 Å². The predicted octanol–water partition coefficient (Wildman–Crippen LogP) is 2.76. The highest BCUT2D eigenvalue weighted by Crippen LogP contribution is 2.18. The minimum absolute atomic E-state index is 0. The molecular weight excluding hydrogens is 385 g/mol. The van der Waals surface area contributed by atoms with Gasteiger partial charge in [-0.1, -0.05) is 6.07 Å². The van der Waals surface area contributed by atoms with Crippen LogP contribution in [-0.4, -0.2) is 45.9 Å². The molecule has 0 unspecified atom stereocenters. The van der Waals surface area contributed by atoms with E-state index < -0.39 is 0 Å². The molecule has 10 heteroatoms. The van der Waals surface area contributed by atoms with Gasteiger partial charge in [0.15, 0.2) is 5.82 Å². The van der Waals surface area contributed by atoms with Crippen LogP contribution in [0.4, 0.5) is 11.6 Å². The van der Waals surface area contributed by atoms with Gasteiger partial charge in [-0.25, -0.2) is 10.1 Å². The minimum atomic E-state index is 0. The molecule has 0 amide bonds. The van der Waals surface area contributed by atoms with E-state index in [9.17, 15) is 0 Å². The molecule has 7 nitrogen and oxygen atoms in total. The number of nitrogens with zero attached hydrogens (tertiary/aromatic N) is 5. The maximum atomic E-state index is 5.86. The monoisotopic (exact) mass is 405 g/mol. The molecule has 1 aromatic heterocycles. The summed E-state index contributed by atoms with van der Waals surface area (Å²) in [7, 11) is 0. The van der Waals surface area contributed by atoms with Crippen LogP contribution >= 0.6 is 35.6 Å². The summed E-state index contributed by atoms with van der Waals surface area (Å²) in [6, 6.07) is 6.13. The van der Waals surface area contributed by atoms with Crippen molar-refractivity contribution in [2.75, 3.05) is 41.0 Å². The first-order chi connectivity index (χ1) is 11.6. The lowest BCUT2D eigenvalue weighted by molar-refractivity contribution is 0.873. The van der Waals surface area contributed by atoms with E-state index in [-0.39, 0.29) is 12.4 Å². The summed E-state index contributed by atoms with van der Waals surface area (Å²) in [4.78, 5) is 2.16. The van der Waals surface area contributed by atoms with Crippen molar-refractivity contribution in [2.24, 2.45) is 5.10 Å². The van der Waals surface area contributed by atoms with Crippen LogP contribution in [0.2, 0.25) is 0 Å². The highest BCUT2D eigenvalue weighted by atomic mass is 35.5. The highest BCUT2D eigenvalue weighted by molar-refractivity contribution is 6.18. The zero-order valence-corrected chi connectivity index (χ0v) is 16.4. The number of benzene rings is 1. The van der Waals surface area contributed by atoms with Crippen LogP contribution in [0.3, 0.4) is 0 Å². The molecule has 0 saturated heterocycles. The van der Waals surface area contributed by atoms with Crippen molar-refractivity contribution in [3.63, 3.8) is 0 Å². The second kappa shape index (κ2) is 10.3. The smallest absolute Gasteiger partial charge is 0.263 e. The van der Waals surface area contributed by atoms with Gasteiger partial charge < -0.3 is 10.7 Å². The predicted molar refractivity (Wildman–Crippen MR) is 108 cm³/mol. The lowest BCUT2D eigenvalue weighted by Crippen LogP contribution is -2.27. The van der Waals surface area contributed by atoms with Crippen LogP contribution in [0, 0.1) is 13.8 Å². The number of aromatic nitrogens is 3. The maximum Gasteiger partial charge on any atom is 0.263 e. The first-order valence-corrected chi connectivity index (χ1v) is 8.57. The zero-order valence-electron chi connectivity index (χ0n) is 14.1. The molecule has 0 aliphatic carbocycles. The molecule has 0 fully saturated rings. The van der Waals surface area contributed by atoms with Crippen molar-refractivity contribution in [1.82, 2.24) is 14.9 Å². The number of hydrogen-bond acceptors (Lipinski definition) is 6. The van der Waals surface area contributed by atoms with Gasteiger partial charge in [0.05, 0.1) is 6.21 Å². The lowest BCUT2D eigenvalue weighted by atomic mass is 10.1. The molecule has 0 radical (unpaired) electrons. The average molecular weight is 407 g/mol. The third kappa shape index (κ3) is 5.66. The van der Waals surface area contributed by atoms with Crippen LogP contribution in [0.5, 0.6) is 0 Å². The summed E-state index contributed by atoms with van der Waals surface area (Å²) in [5, 5.41) is 11.9. The second-order valence-electron chi connectivity index (χ2n) is 5.22. The molecule has 25 heavy (non-hydrogen) atoms. The Hall–Kier alpha value is -1.70. The Labute approximate surface area is 163 Å². The largest absolute Gasteiger partial charge is 0.369 e. The van der Waals surface area contributed by atoms with E-state index in [1.807, 2.05) is 19.1 Å². The number of hydrazone groups is 1. The molecule has 0 spiro atoms. The van der Waals surface area contributed by atoms with Crippen LogP contribution in [0.1, 0.15) is 17.0 Å². The summed E-state index contributed by atoms with van der Waals surface area (Å²) in [6.07, 6.45) is 1.72. The van der Waals surface area contributed by atoms with Gasteiger partial charge in [0.2, 0.25) is 0 Å². The van der Waals surface area contributed by atoms with Crippen LogP contribution in [0.15, 0.2) is 23.3 Å². The van der Waals surface area contributed by atoms with E-state index in [2.05, 4.69) is 31.7 Å². The SMILES string of the molecule is Cc1cc(N(CCCl)CCCl)ccc1/C=N/Nc1nnc(C)n1N.Cl. The Morgan fingerprint density at radius 2 is 1.92 bits per heavy atom. The summed E-state index contributed by atoms with van der Waals surface area (Å²) in [5.74, 6) is 7.85. The summed E-state index contributed by atoms with van der Waals surface area (Å²) in [5.41, 5.74) is 5.95. The molecular formula is C15H22Cl3N7. The Kier molecular flexibility index (Phi) is 8.82. The summed E-state index contributed by atoms with van der Waals surface area (Å²) >= 11 is 11.7. The number of rotatable bonds is 8. The van der Waals surface area contributed by atoms with Crippen LogP contribution in [0.25, 0.3) is 0 Å². The zero-order chi connectivity index (χ0) is 17.5. The fraction of sp³-hybridized carbons (Fsp3) is 0.400. The number of nitrogens with one attached hydrogen (secondary N) is 1. The second-order valence-corrected chi connectivity index (χ2v) is 5.97. The van der Waals surface area contributed by atoms with Crippen molar-refractivity contribution in [1.29, 1.82) is 0 Å². The Morgan fingerprint density at radius 1 is 1.24 bits per heavy atom. The molecule has 1 aromatic carbocycles. The topological polar surface area (TPSA) is 84.4 Å². The minimum Gasteiger partial charge on any atom is -0.369 e. The third-order valence-corrected chi connectivity index (χ3v) is 3.90. The molecule has 0 atom stereocenters. The molecule has 3 N–H and O–H groups in total. The first-order valence-electron chi connectivity index (χ1n) is 7.50. The molecule has 2 aromatic rings. The summed E-state index contributed by atoms with van der Waals surface area (Å²) < 4.78 is 1.34. The van der Waals surface area contributed by atoms with E-state index in [1.165, 1.54) is 4.68 Å². The molecule has 138 valence electrons. The van der Waals surface area contributed by atoms with Crippen molar-refractivity contribution in [3.05, 3.63) is 35.2 Å². The normalized spacial score (nSPS) is 10.7. The molecule has 0 bridgehead atoms. The average Bonchev–Trinajstić information content (AvgIpc) is 2.88. The van der Waals surface area contributed by atoms with Gasteiger partial charge in [-0.3, -0.25) is 0 Å². The van der Waals surface area contributed by atoms with E-state index >= 15 is 0 Å². The number of hydrogen-bond donors (Lipinski definition) is 2. The Balaban J connectivity index is 0.00000312. The van der Waals surface area contributed by atoms with Gasteiger partial charge in [-0.05, 0) is 37.1 Å². The van der Waals surface area contributed by atoms with Gasteiger partial charge in [-0.2, -0.15) is 5.10 Å². The van der Waals surface area contributed by atoms with E-state index in [0.717, 1.165) is 29.9 Å². The first kappa shape index (κ1) is 21.3. The van der Waals surface area contributed by atoms with E-state index in [0.29, 0.717) is 23.5 Å². The molecule has 1 heterocycles. The van der Waals surface area contributed by atoms with Gasteiger partial charge in [0.25, 0.3) is 5.95 Å². The van der Waals surface area contributed by atoms with Crippen molar-refractivity contribution in [2.45, 2.75) is 13.8 Å². The van der Waals surface area contributed by atoms with E-state index in [1.54, 1.807) is 13.1 Å². The Bertz CT molecular complexity index is 696. The fourth-order valence-corrected chi connectivity index (χ4v) is 2.59. The number of nitrogen functional groups attached to an aromatic ring is 1. The number of nitrogens with two attached hydrogens (primary N) is 1. The van der Waals surface area contributed by atoms with Gasteiger partial charge in [0, 0.05) is 30.5 Å². The lowest BCUT2D eigenvalue weighted by Gasteiger charge is -2.23. The number of anilines is 2.